The van der Waals surface area contributed by atoms with Crippen LogP contribution in [-0.4, -0.2) is 29.9 Å². The van der Waals surface area contributed by atoms with E-state index in [1.807, 2.05) is 35.2 Å². The number of hydrogen-bond acceptors (Lipinski definition) is 2. The number of rotatable bonds is 3. The van der Waals surface area contributed by atoms with Crippen molar-refractivity contribution in [1.82, 2.24) is 4.90 Å². The van der Waals surface area contributed by atoms with Gasteiger partial charge < -0.3 is 10.2 Å². The molecule has 0 unspecified atom stereocenters. The van der Waals surface area contributed by atoms with E-state index in [9.17, 15) is 4.79 Å². The largest absolute Gasteiger partial charge is 0.381 e. The van der Waals surface area contributed by atoms with Crippen LogP contribution in [0.25, 0.3) is 0 Å². The average molecular weight is 349 g/mol. The number of nitrogens with one attached hydrogen (secondary N) is 1. The maximum absolute atomic E-state index is 12.5. The van der Waals surface area contributed by atoms with Crippen LogP contribution in [-0.2, 0) is 0 Å². The van der Waals surface area contributed by atoms with Crippen molar-refractivity contribution in [3.8, 4) is 0 Å². The highest BCUT2D eigenvalue weighted by molar-refractivity contribution is 6.33. The molecule has 1 aliphatic heterocycles. The van der Waals surface area contributed by atoms with Gasteiger partial charge in [0.2, 0.25) is 0 Å². The molecule has 0 aliphatic carbocycles. The van der Waals surface area contributed by atoms with E-state index in [1.165, 1.54) is 0 Å². The van der Waals surface area contributed by atoms with Crippen molar-refractivity contribution in [2.75, 3.05) is 18.4 Å². The van der Waals surface area contributed by atoms with E-state index in [0.29, 0.717) is 16.6 Å². The summed E-state index contributed by atoms with van der Waals surface area (Å²) in [6.07, 6.45) is 1.80. The van der Waals surface area contributed by atoms with Crippen molar-refractivity contribution >= 4 is 34.8 Å². The summed E-state index contributed by atoms with van der Waals surface area (Å²) in [4.78, 5) is 14.4. The van der Waals surface area contributed by atoms with Gasteiger partial charge in [0.15, 0.2) is 0 Å². The molecule has 2 aromatic carbocycles. The van der Waals surface area contributed by atoms with Crippen molar-refractivity contribution < 1.29 is 4.79 Å². The lowest BCUT2D eigenvalue weighted by molar-refractivity contribution is 0.0718. The van der Waals surface area contributed by atoms with Gasteiger partial charge in [-0.3, -0.25) is 4.79 Å². The highest BCUT2D eigenvalue weighted by Crippen LogP contribution is 2.24. The van der Waals surface area contributed by atoms with Crippen LogP contribution in [0.5, 0.6) is 0 Å². The molecule has 0 bridgehead atoms. The number of amides is 1. The Balaban J connectivity index is 1.58. The number of halogens is 2. The molecule has 120 valence electrons. The fourth-order valence-corrected chi connectivity index (χ4v) is 3.21. The Bertz CT molecular complexity index is 697. The van der Waals surface area contributed by atoms with Crippen molar-refractivity contribution in [1.29, 1.82) is 0 Å². The Morgan fingerprint density at radius 1 is 1.04 bits per heavy atom. The molecule has 0 atom stereocenters. The van der Waals surface area contributed by atoms with Crippen LogP contribution in [0.2, 0.25) is 10.0 Å². The fraction of sp³-hybridized carbons (Fsp3) is 0.278. The van der Waals surface area contributed by atoms with E-state index in [1.54, 1.807) is 18.2 Å². The second kappa shape index (κ2) is 7.24. The minimum Gasteiger partial charge on any atom is -0.381 e. The first-order valence-corrected chi connectivity index (χ1v) is 8.45. The van der Waals surface area contributed by atoms with Crippen molar-refractivity contribution in [3.05, 3.63) is 64.1 Å². The molecule has 0 radical (unpaired) electrons. The molecule has 3 rings (SSSR count). The van der Waals surface area contributed by atoms with Gasteiger partial charge in [0, 0.05) is 29.7 Å². The summed E-state index contributed by atoms with van der Waals surface area (Å²) in [6.45, 7) is 1.46. The molecular formula is C18H18Cl2N2O. The van der Waals surface area contributed by atoms with Crippen LogP contribution >= 0.6 is 23.2 Å². The van der Waals surface area contributed by atoms with Crippen molar-refractivity contribution in [2.24, 2.45) is 0 Å². The number of hydrogen-bond donors (Lipinski definition) is 1. The third-order valence-electron chi connectivity index (χ3n) is 4.09. The normalized spacial score (nSPS) is 15.5. The second-order valence-electron chi connectivity index (χ2n) is 5.70. The minimum atomic E-state index is 0.0451. The smallest absolute Gasteiger partial charge is 0.253 e. The zero-order valence-electron chi connectivity index (χ0n) is 12.6. The van der Waals surface area contributed by atoms with Crippen LogP contribution < -0.4 is 5.32 Å². The molecule has 1 amide bonds. The first-order chi connectivity index (χ1) is 11.1. The Kier molecular flexibility index (Phi) is 5.09. The van der Waals surface area contributed by atoms with Crippen LogP contribution in [0.1, 0.15) is 23.2 Å². The number of anilines is 1. The molecule has 0 spiro atoms. The Morgan fingerprint density at radius 3 is 2.48 bits per heavy atom. The summed E-state index contributed by atoms with van der Waals surface area (Å²) in [7, 11) is 0. The molecule has 1 aliphatic rings. The zero-order valence-corrected chi connectivity index (χ0v) is 14.1. The lowest BCUT2D eigenvalue weighted by Gasteiger charge is -2.33. The minimum absolute atomic E-state index is 0.0451. The molecule has 1 fully saturated rings. The third kappa shape index (κ3) is 3.98. The summed E-state index contributed by atoms with van der Waals surface area (Å²) in [6, 6.07) is 15.2. The topological polar surface area (TPSA) is 32.3 Å². The van der Waals surface area contributed by atoms with Crippen molar-refractivity contribution in [2.45, 2.75) is 18.9 Å². The standard InChI is InChI=1S/C18H18Cl2N2O/c19-14-5-3-4-13(12-14)18(23)22-10-8-15(9-11-22)21-17-7-2-1-6-16(17)20/h1-7,12,15,21H,8-11H2. The van der Waals surface area contributed by atoms with Crippen LogP contribution in [0.3, 0.4) is 0 Å². The Morgan fingerprint density at radius 2 is 1.78 bits per heavy atom. The summed E-state index contributed by atoms with van der Waals surface area (Å²) in [5.41, 5.74) is 1.60. The van der Waals surface area contributed by atoms with Crippen LogP contribution in [0.15, 0.2) is 48.5 Å². The maximum Gasteiger partial charge on any atom is 0.253 e. The molecule has 2 aromatic rings. The Hall–Kier alpha value is -1.71. The van der Waals surface area contributed by atoms with Gasteiger partial charge in [-0.25, -0.2) is 0 Å². The monoisotopic (exact) mass is 348 g/mol. The fourth-order valence-electron chi connectivity index (χ4n) is 2.83. The highest BCUT2D eigenvalue weighted by atomic mass is 35.5. The number of para-hydroxylation sites is 1. The lowest BCUT2D eigenvalue weighted by atomic mass is 10.0. The van der Waals surface area contributed by atoms with Gasteiger partial charge in [0.05, 0.1) is 10.7 Å². The predicted octanol–water partition coefficient (Wildman–Crippen LogP) is 4.71. The summed E-state index contributed by atoms with van der Waals surface area (Å²) >= 11 is 12.1. The van der Waals surface area contributed by atoms with Gasteiger partial charge in [-0.15, -0.1) is 0 Å². The number of carbonyl (C=O) groups is 1. The van der Waals surface area contributed by atoms with E-state index >= 15 is 0 Å². The van der Waals surface area contributed by atoms with Gasteiger partial charge >= 0.3 is 0 Å². The maximum atomic E-state index is 12.5. The van der Waals surface area contributed by atoms with Gasteiger partial charge in [-0.1, -0.05) is 41.4 Å². The Labute approximate surface area is 146 Å². The number of benzene rings is 2. The number of nitrogens with zero attached hydrogens (tertiary/aromatic N) is 1. The van der Waals surface area contributed by atoms with Crippen LogP contribution in [0, 0.1) is 0 Å². The summed E-state index contributed by atoms with van der Waals surface area (Å²) in [5, 5.41) is 4.78. The average Bonchev–Trinajstić information content (AvgIpc) is 2.57. The molecule has 1 N–H and O–H groups in total. The molecule has 0 saturated carbocycles. The van der Waals surface area contributed by atoms with Gasteiger partial charge in [-0.2, -0.15) is 0 Å². The van der Waals surface area contributed by atoms with Crippen LogP contribution in [0.4, 0.5) is 5.69 Å². The van der Waals surface area contributed by atoms with E-state index in [2.05, 4.69) is 5.32 Å². The molecular weight excluding hydrogens is 331 g/mol. The van der Waals surface area contributed by atoms with Gasteiger partial charge in [-0.05, 0) is 43.2 Å². The molecule has 1 heterocycles. The molecule has 1 saturated heterocycles. The predicted molar refractivity (Wildman–Crippen MR) is 95.5 cm³/mol. The SMILES string of the molecule is O=C(c1cccc(Cl)c1)N1CCC(Nc2ccccc2Cl)CC1. The van der Waals surface area contributed by atoms with E-state index in [4.69, 9.17) is 23.2 Å². The van der Waals surface area contributed by atoms with Crippen molar-refractivity contribution in [3.63, 3.8) is 0 Å². The highest BCUT2D eigenvalue weighted by Gasteiger charge is 2.24. The zero-order chi connectivity index (χ0) is 16.2. The molecule has 23 heavy (non-hydrogen) atoms. The summed E-state index contributed by atoms with van der Waals surface area (Å²) in [5.74, 6) is 0.0451. The first kappa shape index (κ1) is 16.2. The number of carbonyl (C=O) groups excluding carboxylic acids is 1. The van der Waals surface area contributed by atoms with E-state index < -0.39 is 0 Å². The molecule has 5 heteroatoms. The van der Waals surface area contributed by atoms with Gasteiger partial charge in [0.1, 0.15) is 0 Å². The van der Waals surface area contributed by atoms with Gasteiger partial charge in [0.25, 0.3) is 5.91 Å². The van der Waals surface area contributed by atoms with E-state index in [-0.39, 0.29) is 5.91 Å². The number of likely N-dealkylation sites (tertiary alicyclic amines) is 1. The first-order valence-electron chi connectivity index (χ1n) is 7.69. The molecule has 3 nitrogen and oxygen atoms in total. The third-order valence-corrected chi connectivity index (χ3v) is 4.65. The quantitative estimate of drug-likeness (QED) is 0.870. The summed E-state index contributed by atoms with van der Waals surface area (Å²) < 4.78 is 0. The second-order valence-corrected chi connectivity index (χ2v) is 6.54. The van der Waals surface area contributed by atoms with E-state index in [0.717, 1.165) is 36.6 Å². The lowest BCUT2D eigenvalue weighted by Crippen LogP contribution is -2.42. The number of piperidine rings is 1. The molecule has 0 aromatic heterocycles.